The van der Waals surface area contributed by atoms with Crippen molar-refractivity contribution in [1.29, 1.82) is 0 Å². The number of fused-ring (bicyclic) bond motifs is 3. The summed E-state index contributed by atoms with van der Waals surface area (Å²) < 4.78 is 11.1. The number of piperidine rings is 1. The Labute approximate surface area is 201 Å². The number of rotatable bonds is 5. The van der Waals surface area contributed by atoms with E-state index in [1.807, 2.05) is 31.7 Å². The number of aryl methyl sites for hydroxylation is 1. The molecule has 1 amide bonds. The van der Waals surface area contributed by atoms with Crippen LogP contribution in [0.3, 0.4) is 0 Å². The van der Waals surface area contributed by atoms with Crippen LogP contribution in [0.4, 0.5) is 4.79 Å². The number of pyridine rings is 1. The van der Waals surface area contributed by atoms with Gasteiger partial charge in [-0.25, -0.2) is 9.78 Å². The number of unbranched alkanes of at least 4 members (excludes halogenated alkanes) is 1. The van der Waals surface area contributed by atoms with E-state index in [0.29, 0.717) is 19.0 Å². The molecule has 1 N–H and O–H groups in total. The topological polar surface area (TPSA) is 71.5 Å². The number of imidazole rings is 1. The minimum Gasteiger partial charge on any atom is -0.444 e. The molecule has 1 saturated heterocycles. The van der Waals surface area contributed by atoms with Crippen LogP contribution in [0.5, 0.6) is 0 Å². The Kier molecular flexibility index (Phi) is 6.68. The molecule has 1 aliphatic heterocycles. The maximum absolute atomic E-state index is 12.4. The number of hydrogen-bond donors (Lipinski definition) is 1. The van der Waals surface area contributed by atoms with Gasteiger partial charge in [0.05, 0.1) is 9.30 Å². The Morgan fingerprint density at radius 3 is 2.75 bits per heavy atom. The summed E-state index contributed by atoms with van der Waals surface area (Å²) in [5.74, 6) is 1.54. The van der Waals surface area contributed by atoms with Crippen molar-refractivity contribution < 1.29 is 19.5 Å². The van der Waals surface area contributed by atoms with E-state index in [-0.39, 0.29) is 6.09 Å². The van der Waals surface area contributed by atoms with Gasteiger partial charge in [0.1, 0.15) is 16.1 Å². The predicted molar refractivity (Wildman–Crippen MR) is 129 cm³/mol. The van der Waals surface area contributed by atoms with E-state index in [1.54, 1.807) is 17.5 Å². The van der Waals surface area contributed by atoms with Crippen molar-refractivity contribution in [3.05, 3.63) is 21.9 Å². The van der Waals surface area contributed by atoms with Crippen LogP contribution >= 0.6 is 27.3 Å². The Bertz CT molecular complexity index is 1130. The van der Waals surface area contributed by atoms with Gasteiger partial charge < -0.3 is 14.2 Å². The lowest BCUT2D eigenvalue weighted by atomic mass is 9.96. The second kappa shape index (κ2) is 9.17. The lowest BCUT2D eigenvalue weighted by Gasteiger charge is -2.33. The van der Waals surface area contributed by atoms with E-state index in [2.05, 4.69) is 27.4 Å². The highest BCUT2D eigenvalue weighted by atomic mass is 79.9. The van der Waals surface area contributed by atoms with E-state index in [4.69, 9.17) is 9.72 Å². The molecule has 1 aliphatic rings. The second-order valence-electron chi connectivity index (χ2n) is 9.63. The zero-order valence-electron chi connectivity index (χ0n) is 19.2. The van der Waals surface area contributed by atoms with E-state index >= 15 is 0 Å². The fraction of sp³-hybridized carbons (Fsp3) is 0.609. The van der Waals surface area contributed by atoms with E-state index < -0.39 is 5.60 Å². The molecule has 7 nitrogen and oxygen atoms in total. The average molecular weight is 525 g/mol. The van der Waals surface area contributed by atoms with Gasteiger partial charge in [0.15, 0.2) is 5.52 Å². The summed E-state index contributed by atoms with van der Waals surface area (Å²) in [5, 5.41) is 10.4. The minimum atomic E-state index is -0.470. The molecule has 3 aromatic rings. The van der Waals surface area contributed by atoms with Gasteiger partial charge in [-0.15, -0.1) is 11.3 Å². The molecule has 0 aliphatic carbocycles. The van der Waals surface area contributed by atoms with Crippen molar-refractivity contribution in [2.75, 3.05) is 13.1 Å². The van der Waals surface area contributed by atoms with Gasteiger partial charge in [-0.1, -0.05) is 13.3 Å². The molecule has 4 rings (SSSR count). The van der Waals surface area contributed by atoms with Crippen LogP contribution in [0.25, 0.3) is 21.3 Å². The van der Waals surface area contributed by atoms with Crippen molar-refractivity contribution in [3.8, 4) is 0 Å². The zero-order chi connectivity index (χ0) is 23.0. The molecule has 0 bridgehead atoms. The van der Waals surface area contributed by atoms with Crippen LogP contribution in [0, 0.1) is 5.92 Å². The molecule has 0 unspecified atom stereocenters. The van der Waals surface area contributed by atoms with Crippen molar-refractivity contribution in [2.45, 2.75) is 71.9 Å². The molecule has 0 spiro atoms. The SMILES string of the molecule is CCCCc1nc2c[n+](O)c3cc(Br)sc3c2n1CC1CCN(C(=O)OC(C)(C)C)CC1. The molecule has 32 heavy (non-hydrogen) atoms. The van der Waals surface area contributed by atoms with E-state index in [1.165, 1.54) is 4.73 Å². The van der Waals surface area contributed by atoms with Crippen molar-refractivity contribution in [1.82, 2.24) is 14.5 Å². The van der Waals surface area contributed by atoms with Crippen LogP contribution in [-0.2, 0) is 17.7 Å². The predicted octanol–water partition coefficient (Wildman–Crippen LogP) is 5.53. The third-order valence-electron chi connectivity index (χ3n) is 5.92. The average Bonchev–Trinajstić information content (AvgIpc) is 3.26. The first kappa shape index (κ1) is 23.3. The van der Waals surface area contributed by atoms with Crippen LogP contribution < -0.4 is 4.73 Å². The normalized spacial score (nSPS) is 15.7. The highest BCUT2D eigenvalue weighted by molar-refractivity contribution is 9.11. The van der Waals surface area contributed by atoms with Crippen molar-refractivity contribution >= 4 is 54.6 Å². The van der Waals surface area contributed by atoms with Crippen molar-refractivity contribution in [2.24, 2.45) is 5.92 Å². The molecule has 1 fully saturated rings. The smallest absolute Gasteiger partial charge is 0.410 e. The molecule has 3 aromatic heterocycles. The number of carbonyl (C=O) groups is 1. The number of likely N-dealkylation sites (tertiary alicyclic amines) is 1. The summed E-state index contributed by atoms with van der Waals surface area (Å²) in [6.45, 7) is 10.2. The van der Waals surface area contributed by atoms with E-state index in [0.717, 1.165) is 69.5 Å². The first-order valence-electron chi connectivity index (χ1n) is 11.4. The molecular weight excluding hydrogens is 492 g/mol. The highest BCUT2D eigenvalue weighted by Crippen LogP contribution is 2.35. The maximum atomic E-state index is 12.4. The number of ether oxygens (including phenoxy) is 1. The summed E-state index contributed by atoms with van der Waals surface area (Å²) in [5.41, 5.74) is 2.24. The lowest BCUT2D eigenvalue weighted by molar-refractivity contribution is -0.883. The molecule has 9 heteroatoms. The molecule has 0 radical (unpaired) electrons. The molecule has 174 valence electrons. The minimum absolute atomic E-state index is 0.217. The number of aromatic nitrogens is 3. The Morgan fingerprint density at radius 1 is 1.38 bits per heavy atom. The number of amides is 1. The summed E-state index contributed by atoms with van der Waals surface area (Å²) in [6.07, 6.45) is 6.49. The number of halogens is 1. The fourth-order valence-electron chi connectivity index (χ4n) is 4.33. The molecular formula is C23H32BrN4O3S+. The summed E-state index contributed by atoms with van der Waals surface area (Å²) >= 11 is 5.20. The standard InChI is InChI=1S/C23H32BrN4O3S/c1-5-6-7-19-25-16-14-28(30)17-12-18(24)32-21(17)20(16)27(19)13-15-8-10-26(11-9-15)22(29)31-23(2,3)4/h12,14-15,30H,5-11,13H2,1-4H3/q+1. The Morgan fingerprint density at radius 2 is 2.09 bits per heavy atom. The number of hydrogen-bond acceptors (Lipinski definition) is 5. The molecule has 0 atom stereocenters. The maximum Gasteiger partial charge on any atom is 0.410 e. The first-order chi connectivity index (χ1) is 15.2. The monoisotopic (exact) mass is 523 g/mol. The van der Waals surface area contributed by atoms with Gasteiger partial charge in [-0.3, -0.25) is 5.21 Å². The third kappa shape index (κ3) is 4.88. The van der Waals surface area contributed by atoms with Crippen LogP contribution in [0.1, 0.15) is 59.2 Å². The molecule has 0 saturated carbocycles. The summed E-state index contributed by atoms with van der Waals surface area (Å²) in [6, 6.07) is 1.95. The van der Waals surface area contributed by atoms with Crippen molar-refractivity contribution in [3.63, 3.8) is 0 Å². The number of carbonyl (C=O) groups excluding carboxylic acids is 1. The molecule has 0 aromatic carbocycles. The zero-order valence-corrected chi connectivity index (χ0v) is 21.6. The first-order valence-corrected chi connectivity index (χ1v) is 13.0. The summed E-state index contributed by atoms with van der Waals surface area (Å²) in [7, 11) is 0. The Balaban J connectivity index is 1.60. The van der Waals surface area contributed by atoms with Crippen LogP contribution in [-0.4, -0.2) is 44.4 Å². The lowest BCUT2D eigenvalue weighted by Crippen LogP contribution is -2.42. The highest BCUT2D eigenvalue weighted by Gasteiger charge is 2.29. The van der Waals surface area contributed by atoms with Gasteiger partial charge in [0, 0.05) is 36.9 Å². The fourth-order valence-corrected chi connectivity index (χ4v) is 5.97. The van der Waals surface area contributed by atoms with E-state index in [9.17, 15) is 10.0 Å². The van der Waals surface area contributed by atoms with Gasteiger partial charge in [-0.05, 0) is 61.9 Å². The second-order valence-corrected chi connectivity index (χ2v) is 12.1. The Hall–Kier alpha value is -1.87. The van der Waals surface area contributed by atoms with Gasteiger partial charge in [-0.2, -0.15) is 0 Å². The van der Waals surface area contributed by atoms with Crippen LogP contribution in [0.2, 0.25) is 0 Å². The van der Waals surface area contributed by atoms with Gasteiger partial charge in [0.2, 0.25) is 0 Å². The number of nitrogens with zero attached hydrogens (tertiary/aromatic N) is 4. The molecule has 4 heterocycles. The van der Waals surface area contributed by atoms with Crippen LogP contribution in [0.15, 0.2) is 16.0 Å². The summed E-state index contributed by atoms with van der Waals surface area (Å²) in [4.78, 5) is 19.2. The quantitative estimate of drug-likeness (QED) is 0.352. The third-order valence-corrected chi connectivity index (χ3v) is 7.56. The largest absolute Gasteiger partial charge is 0.444 e. The number of thiophene rings is 1. The van der Waals surface area contributed by atoms with Gasteiger partial charge in [0.25, 0.3) is 11.7 Å². The van der Waals surface area contributed by atoms with Gasteiger partial charge >= 0.3 is 6.09 Å².